The number of fused-ring (bicyclic) bond motifs is 1. The van der Waals surface area contributed by atoms with Gasteiger partial charge in [0.05, 0.1) is 6.61 Å². The van der Waals surface area contributed by atoms with Gasteiger partial charge in [-0.25, -0.2) is 0 Å². The lowest BCUT2D eigenvalue weighted by atomic mass is 10.1. The van der Waals surface area contributed by atoms with Gasteiger partial charge in [-0.15, -0.1) is 0 Å². The van der Waals surface area contributed by atoms with Crippen molar-refractivity contribution in [3.8, 4) is 0 Å². The van der Waals surface area contributed by atoms with Gasteiger partial charge in [0.15, 0.2) is 0 Å². The van der Waals surface area contributed by atoms with Crippen LogP contribution in [0.5, 0.6) is 0 Å². The Labute approximate surface area is 107 Å². The maximum Gasteiger partial charge on any atom is 0.0637 e. The van der Waals surface area contributed by atoms with Gasteiger partial charge in [-0.1, -0.05) is 0 Å². The van der Waals surface area contributed by atoms with Crippen molar-refractivity contribution in [2.45, 2.75) is 6.92 Å². The molecule has 1 aromatic heterocycles. The minimum Gasteiger partial charge on any atom is -0.398 e. The number of methoxy groups -OCH3 is 1. The number of benzene rings is 1. The van der Waals surface area contributed by atoms with Crippen LogP contribution in [0.1, 0.15) is 5.69 Å². The summed E-state index contributed by atoms with van der Waals surface area (Å²) in [7, 11) is 3.77. The summed E-state index contributed by atoms with van der Waals surface area (Å²) in [6.07, 6.45) is 1.84. The second kappa shape index (κ2) is 5.23. The summed E-state index contributed by atoms with van der Waals surface area (Å²) in [4.78, 5) is 6.48. The molecule has 1 aromatic carbocycles. The number of aromatic nitrogens is 1. The highest BCUT2D eigenvalue weighted by Gasteiger charge is 2.08. The van der Waals surface area contributed by atoms with Gasteiger partial charge in [0.1, 0.15) is 0 Å². The number of aryl methyl sites for hydroxylation is 1. The predicted octanol–water partition coefficient (Wildman–Crippen LogP) is 2.21. The van der Waals surface area contributed by atoms with Gasteiger partial charge in [-0.05, 0) is 25.1 Å². The lowest BCUT2D eigenvalue weighted by molar-refractivity contribution is 0.206. The highest BCUT2D eigenvalue weighted by molar-refractivity contribution is 6.01. The van der Waals surface area contributed by atoms with Gasteiger partial charge in [-0.3, -0.25) is 4.98 Å². The van der Waals surface area contributed by atoms with E-state index in [0.717, 1.165) is 34.4 Å². The number of pyridine rings is 1. The van der Waals surface area contributed by atoms with Crippen molar-refractivity contribution in [3.63, 3.8) is 0 Å². The van der Waals surface area contributed by atoms with Crippen molar-refractivity contribution in [3.05, 3.63) is 30.1 Å². The van der Waals surface area contributed by atoms with E-state index in [1.54, 1.807) is 7.11 Å². The Morgan fingerprint density at radius 1 is 1.33 bits per heavy atom. The smallest absolute Gasteiger partial charge is 0.0637 e. The molecule has 0 aliphatic rings. The van der Waals surface area contributed by atoms with E-state index in [4.69, 9.17) is 10.5 Å². The normalized spacial score (nSPS) is 10.8. The summed E-state index contributed by atoms with van der Waals surface area (Å²) >= 11 is 0. The van der Waals surface area contributed by atoms with Crippen LogP contribution in [0.3, 0.4) is 0 Å². The molecular weight excluding hydrogens is 226 g/mol. The maximum atomic E-state index is 5.99. The number of nitrogens with two attached hydrogens (primary N) is 1. The lowest BCUT2D eigenvalue weighted by Crippen LogP contribution is -2.22. The molecule has 0 saturated heterocycles. The minimum atomic E-state index is 0.701. The third-order valence-corrected chi connectivity index (χ3v) is 3.09. The van der Waals surface area contributed by atoms with Crippen molar-refractivity contribution < 1.29 is 4.74 Å². The quantitative estimate of drug-likeness (QED) is 0.839. The molecular formula is C14H19N3O. The third-order valence-electron chi connectivity index (χ3n) is 3.09. The highest BCUT2D eigenvalue weighted by atomic mass is 16.5. The first kappa shape index (κ1) is 12.6. The van der Waals surface area contributed by atoms with Crippen LogP contribution in [-0.2, 0) is 4.74 Å². The molecule has 0 spiro atoms. The van der Waals surface area contributed by atoms with Gasteiger partial charge in [0.2, 0.25) is 0 Å². The van der Waals surface area contributed by atoms with Gasteiger partial charge in [-0.2, -0.15) is 0 Å². The topological polar surface area (TPSA) is 51.4 Å². The molecule has 0 radical (unpaired) electrons. The molecule has 0 unspecified atom stereocenters. The van der Waals surface area contributed by atoms with Crippen LogP contribution in [-0.4, -0.2) is 32.3 Å². The van der Waals surface area contributed by atoms with Gasteiger partial charge in [0.25, 0.3) is 0 Å². The third kappa shape index (κ3) is 2.38. The molecule has 18 heavy (non-hydrogen) atoms. The van der Waals surface area contributed by atoms with Gasteiger partial charge in [0, 0.05) is 54.7 Å². The summed E-state index contributed by atoms with van der Waals surface area (Å²) in [6, 6.07) is 6.05. The van der Waals surface area contributed by atoms with Gasteiger partial charge < -0.3 is 15.4 Å². The number of hydrogen-bond acceptors (Lipinski definition) is 4. The Balaban J connectivity index is 2.50. The Morgan fingerprint density at radius 2 is 2.11 bits per heavy atom. The fourth-order valence-electron chi connectivity index (χ4n) is 2.03. The summed E-state index contributed by atoms with van der Waals surface area (Å²) < 4.78 is 5.11. The van der Waals surface area contributed by atoms with Crippen LogP contribution in [0.4, 0.5) is 11.4 Å². The second-order valence-electron chi connectivity index (χ2n) is 4.46. The number of anilines is 2. The summed E-state index contributed by atoms with van der Waals surface area (Å²) in [5.41, 5.74) is 8.91. The van der Waals surface area contributed by atoms with E-state index in [9.17, 15) is 0 Å². The molecule has 0 atom stereocenters. The standard InChI is InChI=1S/C14H19N3O/c1-10-8-11-12(9-16-10)13(15)4-5-14(11)17(2)6-7-18-3/h4-5,8-9H,6-7,15H2,1-3H3. The van der Waals surface area contributed by atoms with Crippen molar-refractivity contribution >= 4 is 22.1 Å². The number of ether oxygens (including phenoxy) is 1. The van der Waals surface area contributed by atoms with E-state index >= 15 is 0 Å². The van der Waals surface area contributed by atoms with E-state index in [1.165, 1.54) is 0 Å². The molecule has 2 rings (SSSR count). The Hall–Kier alpha value is -1.81. The van der Waals surface area contributed by atoms with Crippen LogP contribution < -0.4 is 10.6 Å². The Morgan fingerprint density at radius 3 is 2.83 bits per heavy atom. The predicted molar refractivity (Wildman–Crippen MR) is 76.0 cm³/mol. The largest absolute Gasteiger partial charge is 0.398 e. The van der Waals surface area contributed by atoms with Crippen molar-refractivity contribution in [1.29, 1.82) is 0 Å². The first-order chi connectivity index (χ1) is 8.63. The van der Waals surface area contributed by atoms with Crippen molar-refractivity contribution in [1.82, 2.24) is 4.98 Å². The Kier molecular flexibility index (Phi) is 3.67. The summed E-state index contributed by atoms with van der Waals surface area (Å²) in [5.74, 6) is 0. The second-order valence-corrected chi connectivity index (χ2v) is 4.46. The molecule has 0 fully saturated rings. The van der Waals surface area contributed by atoms with Crippen molar-refractivity contribution in [2.24, 2.45) is 0 Å². The van der Waals surface area contributed by atoms with Crippen molar-refractivity contribution in [2.75, 3.05) is 37.9 Å². The molecule has 1 heterocycles. The molecule has 96 valence electrons. The average molecular weight is 245 g/mol. The number of nitrogens with zero attached hydrogens (tertiary/aromatic N) is 2. The zero-order valence-electron chi connectivity index (χ0n) is 11.1. The molecule has 2 aromatic rings. The molecule has 0 aliphatic heterocycles. The fraction of sp³-hybridized carbons (Fsp3) is 0.357. The van der Waals surface area contributed by atoms with E-state index in [0.29, 0.717) is 6.61 Å². The van der Waals surface area contributed by atoms with E-state index in [-0.39, 0.29) is 0 Å². The molecule has 0 amide bonds. The first-order valence-electron chi connectivity index (χ1n) is 5.98. The van der Waals surface area contributed by atoms with Crippen LogP contribution >= 0.6 is 0 Å². The molecule has 0 aliphatic carbocycles. The van der Waals surface area contributed by atoms with Crippen LogP contribution in [0.25, 0.3) is 10.8 Å². The molecule has 0 bridgehead atoms. The van der Waals surface area contributed by atoms with Crippen LogP contribution in [0, 0.1) is 6.92 Å². The number of rotatable bonds is 4. The van der Waals surface area contributed by atoms with Crippen LogP contribution in [0.2, 0.25) is 0 Å². The summed E-state index contributed by atoms with van der Waals surface area (Å²) in [6.45, 7) is 3.53. The Bertz CT molecular complexity index is 554. The molecule has 4 heteroatoms. The summed E-state index contributed by atoms with van der Waals surface area (Å²) in [5, 5.41) is 2.14. The fourth-order valence-corrected chi connectivity index (χ4v) is 2.03. The number of likely N-dealkylation sites (N-methyl/N-ethyl adjacent to an activating group) is 1. The molecule has 2 N–H and O–H groups in total. The van der Waals surface area contributed by atoms with Crippen LogP contribution in [0.15, 0.2) is 24.4 Å². The monoisotopic (exact) mass is 245 g/mol. The average Bonchev–Trinajstić information content (AvgIpc) is 2.36. The highest BCUT2D eigenvalue weighted by Crippen LogP contribution is 2.30. The van der Waals surface area contributed by atoms with E-state index < -0.39 is 0 Å². The SMILES string of the molecule is COCCN(C)c1ccc(N)c2cnc(C)cc12. The minimum absolute atomic E-state index is 0.701. The molecule has 4 nitrogen and oxygen atoms in total. The number of nitrogen functional groups attached to an aromatic ring is 1. The zero-order chi connectivity index (χ0) is 13.1. The lowest BCUT2D eigenvalue weighted by Gasteiger charge is -2.21. The van der Waals surface area contributed by atoms with Gasteiger partial charge >= 0.3 is 0 Å². The molecule has 0 saturated carbocycles. The van der Waals surface area contributed by atoms with E-state index in [1.807, 2.05) is 25.3 Å². The zero-order valence-corrected chi connectivity index (χ0v) is 11.1. The maximum absolute atomic E-state index is 5.99. The first-order valence-corrected chi connectivity index (χ1v) is 5.98. The van der Waals surface area contributed by atoms with E-state index in [2.05, 4.69) is 23.0 Å². The number of hydrogen-bond donors (Lipinski definition) is 1.